The fourth-order valence-electron chi connectivity index (χ4n) is 10.5. The van der Waals surface area contributed by atoms with Crippen molar-refractivity contribution in [2.75, 3.05) is 24.5 Å². The Bertz CT molecular complexity index is 3100. The first-order valence-corrected chi connectivity index (χ1v) is 27.0. The number of hydrogen-bond donors (Lipinski definition) is 0. The fourth-order valence-corrected chi connectivity index (χ4v) is 11.5. The second-order valence-electron chi connectivity index (χ2n) is 21.0. The zero-order valence-corrected chi connectivity index (χ0v) is 43.8. The summed E-state index contributed by atoms with van der Waals surface area (Å²) in [4.78, 5) is 2.36. The molecule has 0 radical (unpaired) electrons. The van der Waals surface area contributed by atoms with Crippen LogP contribution in [-0.4, -0.2) is 48.2 Å². The maximum Gasteiger partial charge on any atom is 0.516 e. The molecule has 0 amide bonds. The number of fused-ring (bicyclic) bond motifs is 7. The van der Waals surface area contributed by atoms with Crippen LogP contribution in [-0.2, 0) is 20.9 Å². The van der Waals surface area contributed by atoms with Crippen LogP contribution in [0.15, 0.2) is 133 Å². The minimum Gasteiger partial charge on any atom is -0.344 e. The normalized spacial score (nSPS) is 17.7. The summed E-state index contributed by atoms with van der Waals surface area (Å²) in [5, 5.41) is 4.59. The van der Waals surface area contributed by atoms with Gasteiger partial charge in [-0.2, -0.15) is 26.2 Å². The third-order valence-electron chi connectivity index (χ3n) is 13.9. The molecule has 8 rings (SSSR count). The molecule has 0 bridgehead atoms. The Kier molecular flexibility index (Phi) is 15.3. The predicted octanol–water partition coefficient (Wildman–Crippen LogP) is 9.95. The molecule has 0 atom stereocenters. The highest BCUT2D eigenvalue weighted by Crippen LogP contribution is 2.53. The minimum atomic E-state index is -5.86. The van der Waals surface area contributed by atoms with Crippen molar-refractivity contribution in [3.05, 3.63) is 155 Å². The SMILES string of the molecule is CC(C)CCN1C(=CC=C2C(N(CCC(C)C)S(=O)(=O)C(F)(F)F)=C(C=CC3=[N+](CCC(C)C)c4ccc5ccccc5c4C3(C)C)c3ccccc32)C(C)(C)c2c1ccc1ccccc21.[O-][Cl+3]([O-])([O-])[O-]. The summed E-state index contributed by atoms with van der Waals surface area (Å²) in [6.07, 6.45) is 9.94. The van der Waals surface area contributed by atoms with Crippen LogP contribution < -0.4 is 23.5 Å². The van der Waals surface area contributed by atoms with Crippen molar-refractivity contribution in [1.82, 2.24) is 4.31 Å². The third-order valence-corrected chi connectivity index (χ3v) is 15.5. The Morgan fingerprint density at radius 3 is 1.79 bits per heavy atom. The van der Waals surface area contributed by atoms with E-state index in [4.69, 9.17) is 18.6 Å². The zero-order chi connectivity index (χ0) is 52.0. The Hall–Kier alpha value is -5.28. The van der Waals surface area contributed by atoms with Crippen LogP contribution in [0.1, 0.15) is 111 Å². The number of rotatable bonds is 14. The lowest BCUT2D eigenvalue weighted by molar-refractivity contribution is -2.00. The highest BCUT2D eigenvalue weighted by Gasteiger charge is 2.52. The molecule has 71 heavy (non-hydrogen) atoms. The van der Waals surface area contributed by atoms with Crippen molar-refractivity contribution >= 4 is 59.8 Å². The summed E-state index contributed by atoms with van der Waals surface area (Å²) < 4.78 is 111. The molecule has 0 N–H and O–H groups in total. The molecule has 5 aromatic rings. The molecule has 0 spiro atoms. The van der Waals surface area contributed by atoms with Crippen LogP contribution in [0.3, 0.4) is 0 Å². The highest BCUT2D eigenvalue weighted by atomic mass is 35.7. The Morgan fingerprint density at radius 1 is 0.676 bits per heavy atom. The lowest BCUT2D eigenvalue weighted by Gasteiger charge is -2.29. The molecular formula is C57H65ClF3N3O6S. The average molecular weight is 1010 g/mol. The van der Waals surface area contributed by atoms with Crippen LogP contribution in [0.4, 0.5) is 24.5 Å². The molecule has 3 aliphatic rings. The highest BCUT2D eigenvalue weighted by molar-refractivity contribution is 7.90. The first-order valence-electron chi connectivity index (χ1n) is 24.3. The second-order valence-corrected chi connectivity index (χ2v) is 23.6. The number of sulfonamides is 1. The van der Waals surface area contributed by atoms with Crippen LogP contribution >= 0.6 is 0 Å². The fraction of sp³-hybridized carbons (Fsp3) is 0.386. The van der Waals surface area contributed by atoms with Gasteiger partial charge in [-0.05, 0) is 107 Å². The summed E-state index contributed by atoms with van der Waals surface area (Å²) in [6.45, 7) is 22.6. The summed E-state index contributed by atoms with van der Waals surface area (Å²) in [7, 11) is -10.8. The number of hydrogen-bond acceptors (Lipinski definition) is 7. The number of allylic oxidation sites excluding steroid dienone is 7. The van der Waals surface area contributed by atoms with Gasteiger partial charge in [0.2, 0.25) is 5.69 Å². The predicted molar refractivity (Wildman–Crippen MR) is 270 cm³/mol. The molecule has 2 heterocycles. The quantitative estimate of drug-likeness (QED) is 0.101. The number of nitrogens with zero attached hydrogens (tertiary/aromatic N) is 3. The van der Waals surface area contributed by atoms with Crippen LogP contribution in [0.25, 0.3) is 32.7 Å². The van der Waals surface area contributed by atoms with Crippen molar-refractivity contribution in [3.8, 4) is 0 Å². The van der Waals surface area contributed by atoms with E-state index in [-0.39, 0.29) is 24.6 Å². The van der Waals surface area contributed by atoms with Gasteiger partial charge in [-0.3, -0.25) is 4.31 Å². The molecule has 0 aromatic heterocycles. The Labute approximate surface area is 419 Å². The maximum absolute atomic E-state index is 15.2. The van der Waals surface area contributed by atoms with Gasteiger partial charge >= 0.3 is 15.5 Å². The van der Waals surface area contributed by atoms with Gasteiger partial charge in [0, 0.05) is 65.2 Å². The first-order chi connectivity index (χ1) is 33.2. The van der Waals surface area contributed by atoms with E-state index in [2.05, 4.69) is 126 Å². The first kappa shape index (κ1) is 53.5. The molecule has 9 nitrogen and oxygen atoms in total. The standard InChI is InChI=1S/C57H65F3N3O2S.ClHO4/c1-37(2)31-34-61-48-27-23-40-17-11-13-19-42(40)52(48)55(7,8)50(61)29-25-46-44-21-15-16-22-45(44)47(54(46)63(36-33-39(5)6)66(64,65)57(58,59)60)26-30-51-56(9,10)53-43-20-14-12-18-41(43)24-28-49(53)62(51)35-32-38(3)4;2-1(3,4)5/h11-30,37-39H,31-36H2,1-10H3;(H,2,3,4,5)/q+1;/p-1. The number of halogens is 4. The van der Waals surface area contributed by atoms with Crippen molar-refractivity contribution < 1.29 is 55.0 Å². The minimum absolute atomic E-state index is 0.0443. The monoisotopic (exact) mass is 1010 g/mol. The Morgan fingerprint density at radius 2 is 1.21 bits per heavy atom. The van der Waals surface area contributed by atoms with Crippen molar-refractivity contribution in [3.63, 3.8) is 0 Å². The molecule has 0 saturated carbocycles. The lowest BCUT2D eigenvalue weighted by atomic mass is 9.79. The van der Waals surface area contributed by atoms with Gasteiger partial charge < -0.3 is 4.90 Å². The molecule has 2 aliphatic heterocycles. The van der Waals surface area contributed by atoms with Crippen LogP contribution in [0.5, 0.6) is 0 Å². The molecule has 0 fully saturated rings. The molecule has 5 aromatic carbocycles. The molecular weight excluding hydrogens is 947 g/mol. The number of anilines is 1. The van der Waals surface area contributed by atoms with Gasteiger partial charge in [-0.15, -0.1) is 10.2 Å². The summed E-state index contributed by atoms with van der Waals surface area (Å²) in [6, 6.07) is 33.0. The van der Waals surface area contributed by atoms with Gasteiger partial charge in [0.15, 0.2) is 5.71 Å². The van der Waals surface area contributed by atoms with E-state index in [9.17, 15) is 8.42 Å². The van der Waals surface area contributed by atoms with E-state index >= 15 is 13.2 Å². The number of benzene rings is 5. The van der Waals surface area contributed by atoms with E-state index in [0.29, 0.717) is 38.4 Å². The molecule has 1 aliphatic carbocycles. The van der Waals surface area contributed by atoms with E-state index in [1.807, 2.05) is 74.5 Å². The van der Waals surface area contributed by atoms with E-state index in [1.54, 1.807) is 0 Å². The van der Waals surface area contributed by atoms with Gasteiger partial charge in [-0.1, -0.05) is 140 Å². The summed E-state index contributed by atoms with van der Waals surface area (Å²) in [5.41, 5.74) is 2.41. The number of alkyl halides is 3. The van der Waals surface area contributed by atoms with Gasteiger partial charge in [0.05, 0.1) is 11.1 Å². The van der Waals surface area contributed by atoms with Gasteiger partial charge in [0.25, 0.3) is 0 Å². The van der Waals surface area contributed by atoms with Gasteiger partial charge in [-0.25, -0.2) is 18.6 Å². The van der Waals surface area contributed by atoms with Crippen molar-refractivity contribution in [2.45, 2.75) is 105 Å². The summed E-state index contributed by atoms with van der Waals surface area (Å²) >= 11 is 0. The van der Waals surface area contributed by atoms with E-state index < -0.39 is 36.6 Å². The van der Waals surface area contributed by atoms with Crippen LogP contribution in [0.2, 0.25) is 0 Å². The largest absolute Gasteiger partial charge is 0.516 e. The lowest BCUT2D eigenvalue weighted by Crippen LogP contribution is -2.68. The molecule has 0 unspecified atom stereocenters. The van der Waals surface area contributed by atoms with Crippen molar-refractivity contribution in [1.29, 1.82) is 0 Å². The maximum atomic E-state index is 15.2. The van der Waals surface area contributed by atoms with E-state index in [1.165, 1.54) is 11.1 Å². The average Bonchev–Trinajstić information content (AvgIpc) is 3.79. The smallest absolute Gasteiger partial charge is 0.344 e. The second kappa shape index (κ2) is 20.3. The Balaban J connectivity index is 0.00000141. The molecule has 378 valence electrons. The van der Waals surface area contributed by atoms with E-state index in [0.717, 1.165) is 70.3 Å². The zero-order valence-electron chi connectivity index (χ0n) is 42.2. The third kappa shape index (κ3) is 10.8. The van der Waals surface area contributed by atoms with Crippen molar-refractivity contribution in [2.24, 2.45) is 17.8 Å². The molecule has 0 saturated heterocycles. The van der Waals surface area contributed by atoms with Gasteiger partial charge in [0.1, 0.15) is 6.54 Å². The topological polar surface area (TPSA) is 136 Å². The van der Waals surface area contributed by atoms with Crippen LogP contribution in [0, 0.1) is 28.0 Å². The molecule has 14 heteroatoms. The summed E-state index contributed by atoms with van der Waals surface area (Å²) in [5.74, 6) is 0.800.